The van der Waals surface area contributed by atoms with Gasteiger partial charge in [0.1, 0.15) is 12.6 Å². The van der Waals surface area contributed by atoms with Crippen LogP contribution in [0.3, 0.4) is 0 Å². The number of pyridine rings is 1. The molecular formula is C29H24N2O4. The van der Waals surface area contributed by atoms with Gasteiger partial charge in [0, 0.05) is 24.1 Å². The summed E-state index contributed by atoms with van der Waals surface area (Å²) in [5, 5.41) is 12.2. The SMILES string of the molecule is O=C(N[C@@H](Cc1ccnc(-c2ccccc2)c1)C(=O)O)OCC1c2ccccc2-c2ccccc21. The summed E-state index contributed by atoms with van der Waals surface area (Å²) in [6.07, 6.45) is 1.00. The molecule has 2 N–H and O–H groups in total. The average molecular weight is 465 g/mol. The van der Waals surface area contributed by atoms with Crippen molar-refractivity contribution in [3.63, 3.8) is 0 Å². The van der Waals surface area contributed by atoms with E-state index in [1.54, 1.807) is 12.3 Å². The quantitative estimate of drug-likeness (QED) is 0.388. The zero-order chi connectivity index (χ0) is 24.2. The normalized spacial score (nSPS) is 12.9. The van der Waals surface area contributed by atoms with Crippen LogP contribution in [0.25, 0.3) is 22.4 Å². The van der Waals surface area contributed by atoms with Crippen molar-refractivity contribution in [3.05, 3.63) is 114 Å². The fourth-order valence-electron chi connectivity index (χ4n) is 4.59. The highest BCUT2D eigenvalue weighted by Gasteiger charge is 2.29. The summed E-state index contributed by atoms with van der Waals surface area (Å²) < 4.78 is 5.53. The third-order valence-electron chi connectivity index (χ3n) is 6.27. The molecule has 6 nitrogen and oxygen atoms in total. The van der Waals surface area contributed by atoms with Gasteiger partial charge in [-0.2, -0.15) is 0 Å². The van der Waals surface area contributed by atoms with Gasteiger partial charge in [-0.25, -0.2) is 9.59 Å². The van der Waals surface area contributed by atoms with Crippen LogP contribution >= 0.6 is 0 Å². The number of benzene rings is 3. The Morgan fingerprint density at radius 2 is 1.51 bits per heavy atom. The van der Waals surface area contributed by atoms with Crippen LogP contribution in [0.4, 0.5) is 4.79 Å². The van der Waals surface area contributed by atoms with E-state index >= 15 is 0 Å². The van der Waals surface area contributed by atoms with Gasteiger partial charge in [-0.1, -0.05) is 78.9 Å². The molecule has 174 valence electrons. The molecule has 5 rings (SSSR count). The lowest BCUT2D eigenvalue weighted by atomic mass is 9.98. The molecule has 1 aromatic heterocycles. The summed E-state index contributed by atoms with van der Waals surface area (Å²) in [6.45, 7) is 0.125. The van der Waals surface area contributed by atoms with Gasteiger partial charge in [0.2, 0.25) is 0 Å². The number of nitrogens with one attached hydrogen (secondary N) is 1. The molecule has 0 radical (unpaired) electrons. The Bertz CT molecular complexity index is 1320. The highest BCUT2D eigenvalue weighted by atomic mass is 16.5. The van der Waals surface area contributed by atoms with Crippen molar-refractivity contribution >= 4 is 12.1 Å². The molecule has 3 aromatic carbocycles. The van der Waals surface area contributed by atoms with Crippen LogP contribution in [0, 0.1) is 0 Å². The van der Waals surface area contributed by atoms with Crippen LogP contribution in [0.5, 0.6) is 0 Å². The van der Waals surface area contributed by atoms with Gasteiger partial charge >= 0.3 is 12.1 Å². The number of fused-ring (bicyclic) bond motifs is 3. The molecule has 0 saturated heterocycles. The van der Waals surface area contributed by atoms with Gasteiger partial charge in [0.25, 0.3) is 0 Å². The van der Waals surface area contributed by atoms with Crippen LogP contribution in [0.15, 0.2) is 97.2 Å². The first-order valence-electron chi connectivity index (χ1n) is 11.4. The molecule has 1 amide bonds. The molecule has 0 saturated carbocycles. The Balaban J connectivity index is 1.26. The van der Waals surface area contributed by atoms with Crippen LogP contribution in [-0.2, 0) is 16.0 Å². The van der Waals surface area contributed by atoms with Crippen molar-refractivity contribution in [2.24, 2.45) is 0 Å². The van der Waals surface area contributed by atoms with Gasteiger partial charge in [0.05, 0.1) is 5.69 Å². The van der Waals surface area contributed by atoms with E-state index in [9.17, 15) is 14.7 Å². The molecule has 1 atom stereocenters. The van der Waals surface area contributed by atoms with Crippen molar-refractivity contribution < 1.29 is 19.4 Å². The first-order valence-corrected chi connectivity index (χ1v) is 11.4. The largest absolute Gasteiger partial charge is 0.480 e. The minimum absolute atomic E-state index is 0.0925. The van der Waals surface area contributed by atoms with Gasteiger partial charge in [0.15, 0.2) is 0 Å². The minimum Gasteiger partial charge on any atom is -0.480 e. The van der Waals surface area contributed by atoms with Crippen molar-refractivity contribution in [3.8, 4) is 22.4 Å². The number of ether oxygens (including phenoxy) is 1. The predicted octanol–water partition coefficient (Wildman–Crippen LogP) is 5.28. The van der Waals surface area contributed by atoms with Gasteiger partial charge in [-0.15, -0.1) is 0 Å². The second-order valence-corrected chi connectivity index (χ2v) is 8.48. The molecular weight excluding hydrogens is 440 g/mol. The van der Waals surface area contributed by atoms with E-state index in [1.165, 1.54) is 0 Å². The predicted molar refractivity (Wildman–Crippen MR) is 133 cm³/mol. The molecule has 1 aliphatic rings. The van der Waals surface area contributed by atoms with Crippen LogP contribution in [-0.4, -0.2) is 34.8 Å². The van der Waals surface area contributed by atoms with Crippen molar-refractivity contribution in [2.45, 2.75) is 18.4 Å². The molecule has 0 aliphatic heterocycles. The number of carbonyl (C=O) groups excluding carboxylic acids is 1. The Morgan fingerprint density at radius 3 is 2.17 bits per heavy atom. The zero-order valence-corrected chi connectivity index (χ0v) is 18.9. The maximum absolute atomic E-state index is 12.6. The number of rotatable bonds is 7. The fraction of sp³-hybridized carbons (Fsp3) is 0.138. The third-order valence-corrected chi connectivity index (χ3v) is 6.27. The highest BCUT2D eigenvalue weighted by molar-refractivity contribution is 5.81. The summed E-state index contributed by atoms with van der Waals surface area (Å²) in [6, 6.07) is 28.2. The number of nitrogens with zero attached hydrogens (tertiary/aromatic N) is 1. The first kappa shape index (κ1) is 22.3. The maximum Gasteiger partial charge on any atom is 0.407 e. The molecule has 6 heteroatoms. The van der Waals surface area contributed by atoms with Crippen molar-refractivity contribution in [2.75, 3.05) is 6.61 Å². The first-order chi connectivity index (χ1) is 17.1. The summed E-state index contributed by atoms with van der Waals surface area (Å²) in [7, 11) is 0. The number of amides is 1. The second kappa shape index (κ2) is 9.81. The summed E-state index contributed by atoms with van der Waals surface area (Å²) in [5.74, 6) is -1.22. The zero-order valence-electron chi connectivity index (χ0n) is 18.9. The summed E-state index contributed by atoms with van der Waals surface area (Å²) in [4.78, 5) is 28.9. The molecule has 0 bridgehead atoms. The Labute approximate surface area is 203 Å². The highest BCUT2D eigenvalue weighted by Crippen LogP contribution is 2.44. The molecule has 4 aromatic rings. The van der Waals surface area contributed by atoms with E-state index < -0.39 is 18.1 Å². The molecule has 0 spiro atoms. The second-order valence-electron chi connectivity index (χ2n) is 8.48. The topological polar surface area (TPSA) is 88.5 Å². The molecule has 0 unspecified atom stereocenters. The minimum atomic E-state index is -1.13. The lowest BCUT2D eigenvalue weighted by Crippen LogP contribution is -2.42. The third kappa shape index (κ3) is 4.77. The van der Waals surface area contributed by atoms with Crippen LogP contribution in [0.2, 0.25) is 0 Å². The summed E-state index contributed by atoms with van der Waals surface area (Å²) >= 11 is 0. The van der Waals surface area contributed by atoms with E-state index in [0.29, 0.717) is 0 Å². The monoisotopic (exact) mass is 464 g/mol. The van der Waals surface area contributed by atoms with E-state index in [0.717, 1.165) is 39.1 Å². The number of carboxylic acid groups (broad SMARTS) is 1. The number of aromatic nitrogens is 1. The van der Waals surface area contributed by atoms with E-state index in [2.05, 4.69) is 22.4 Å². The van der Waals surface area contributed by atoms with E-state index in [4.69, 9.17) is 4.74 Å². The van der Waals surface area contributed by atoms with E-state index in [-0.39, 0.29) is 18.9 Å². The van der Waals surface area contributed by atoms with Crippen LogP contribution < -0.4 is 5.32 Å². The standard InChI is InChI=1S/C29H24N2O4/c32-28(33)27(17-19-14-15-30-26(16-19)20-8-2-1-3-9-20)31-29(34)35-18-25-23-12-6-4-10-21(23)22-11-5-7-13-24(22)25/h1-16,25,27H,17-18H2,(H,31,34)(H,32,33)/t27-/m0/s1. The number of hydrogen-bond acceptors (Lipinski definition) is 4. The van der Waals surface area contributed by atoms with Crippen molar-refractivity contribution in [1.29, 1.82) is 0 Å². The van der Waals surface area contributed by atoms with Gasteiger partial charge in [-0.05, 0) is 39.9 Å². The molecule has 1 aliphatic carbocycles. The average Bonchev–Trinajstić information content (AvgIpc) is 3.21. The van der Waals surface area contributed by atoms with Gasteiger partial charge < -0.3 is 15.2 Å². The molecule has 0 fully saturated rings. The fourth-order valence-corrected chi connectivity index (χ4v) is 4.59. The Morgan fingerprint density at radius 1 is 0.886 bits per heavy atom. The number of alkyl carbamates (subject to hydrolysis) is 1. The number of aliphatic carboxylic acids is 1. The van der Waals surface area contributed by atoms with Crippen molar-refractivity contribution in [1.82, 2.24) is 10.3 Å². The maximum atomic E-state index is 12.6. The Kier molecular flexibility index (Phi) is 6.26. The van der Waals surface area contributed by atoms with Gasteiger partial charge in [-0.3, -0.25) is 4.98 Å². The number of hydrogen-bond donors (Lipinski definition) is 2. The number of carboxylic acids is 1. The molecule has 1 heterocycles. The molecule has 35 heavy (non-hydrogen) atoms. The number of carbonyl (C=O) groups is 2. The lowest BCUT2D eigenvalue weighted by molar-refractivity contribution is -0.139. The summed E-state index contributed by atoms with van der Waals surface area (Å²) in [5.41, 5.74) is 6.90. The smallest absolute Gasteiger partial charge is 0.407 e. The Hall–Kier alpha value is -4.45. The lowest BCUT2D eigenvalue weighted by Gasteiger charge is -2.18. The van der Waals surface area contributed by atoms with Crippen LogP contribution in [0.1, 0.15) is 22.6 Å². The van der Waals surface area contributed by atoms with E-state index in [1.807, 2.05) is 72.8 Å².